The van der Waals surface area contributed by atoms with Crippen LogP contribution in [0.5, 0.6) is 0 Å². The molecule has 0 bridgehead atoms. The molecule has 1 aromatic rings. The molecule has 2 aliphatic rings. The average Bonchev–Trinajstić information content (AvgIpc) is 2.63. The van der Waals surface area contributed by atoms with Gasteiger partial charge >= 0.3 is 0 Å². The number of hydrogen-bond acceptors (Lipinski definition) is 4. The number of piperazine rings is 1. The van der Waals surface area contributed by atoms with Crippen LogP contribution in [0.25, 0.3) is 0 Å². The van der Waals surface area contributed by atoms with Gasteiger partial charge in [-0.2, -0.15) is 0 Å². The topological polar surface area (TPSA) is 47.0 Å². The van der Waals surface area contributed by atoms with Crippen molar-refractivity contribution in [3.8, 4) is 12.3 Å². The van der Waals surface area contributed by atoms with E-state index < -0.39 is 0 Å². The Balaban J connectivity index is 1.57. The molecule has 0 atom stereocenters. The van der Waals surface area contributed by atoms with Crippen molar-refractivity contribution in [1.29, 1.82) is 0 Å². The molecule has 0 radical (unpaired) electrons. The lowest BCUT2D eigenvalue weighted by atomic mass is 10.1. The van der Waals surface area contributed by atoms with Crippen molar-refractivity contribution in [3.05, 3.63) is 29.8 Å². The van der Waals surface area contributed by atoms with Crippen LogP contribution in [0.15, 0.2) is 24.3 Å². The van der Waals surface area contributed by atoms with Gasteiger partial charge in [0.2, 0.25) is 0 Å². The molecule has 3 rings (SSSR count). The summed E-state index contributed by atoms with van der Waals surface area (Å²) in [5, 5.41) is 9.60. The standard InChI is InChI=1S/C19H25N3O2/c1-2-9-20-12-14-22(15-13-20)19(24)16-3-5-17(6-4-16)21-10-7-18(23)8-11-21/h1,3-6,18,23H,7-15H2. The Hall–Kier alpha value is -2.03. The van der Waals surface area contributed by atoms with Crippen LogP contribution < -0.4 is 4.90 Å². The highest BCUT2D eigenvalue weighted by molar-refractivity contribution is 5.94. The van der Waals surface area contributed by atoms with E-state index in [2.05, 4.69) is 15.7 Å². The fourth-order valence-corrected chi connectivity index (χ4v) is 3.36. The summed E-state index contributed by atoms with van der Waals surface area (Å²) in [5.41, 5.74) is 1.86. The van der Waals surface area contributed by atoms with Crippen LogP contribution in [-0.2, 0) is 0 Å². The van der Waals surface area contributed by atoms with Crippen LogP contribution in [0.1, 0.15) is 23.2 Å². The van der Waals surface area contributed by atoms with Crippen molar-refractivity contribution in [2.75, 3.05) is 50.7 Å². The first kappa shape index (κ1) is 16.8. The minimum atomic E-state index is -0.171. The second kappa shape index (κ2) is 7.69. The number of hydrogen-bond donors (Lipinski definition) is 1. The van der Waals surface area contributed by atoms with Gasteiger partial charge in [-0.25, -0.2) is 0 Å². The molecular weight excluding hydrogens is 302 g/mol. The molecule has 128 valence electrons. The number of benzene rings is 1. The minimum absolute atomic E-state index is 0.0935. The summed E-state index contributed by atoms with van der Waals surface area (Å²) in [5.74, 6) is 2.75. The van der Waals surface area contributed by atoms with Crippen LogP contribution in [0, 0.1) is 12.3 Å². The smallest absolute Gasteiger partial charge is 0.253 e. The van der Waals surface area contributed by atoms with Gasteiger partial charge in [-0.1, -0.05) is 5.92 Å². The Morgan fingerprint density at radius 2 is 1.71 bits per heavy atom. The van der Waals surface area contributed by atoms with Gasteiger partial charge in [-0.15, -0.1) is 6.42 Å². The number of terminal acetylenes is 1. The van der Waals surface area contributed by atoms with E-state index in [1.807, 2.05) is 29.2 Å². The molecule has 0 aromatic heterocycles. The van der Waals surface area contributed by atoms with E-state index in [1.165, 1.54) is 0 Å². The molecule has 0 aliphatic carbocycles. The molecule has 24 heavy (non-hydrogen) atoms. The third-order valence-electron chi connectivity index (χ3n) is 4.92. The monoisotopic (exact) mass is 327 g/mol. The molecule has 2 saturated heterocycles. The van der Waals surface area contributed by atoms with E-state index in [0.29, 0.717) is 6.54 Å². The maximum atomic E-state index is 12.6. The predicted molar refractivity (Wildman–Crippen MR) is 95.1 cm³/mol. The third kappa shape index (κ3) is 3.89. The molecule has 2 fully saturated rings. The first-order valence-electron chi connectivity index (χ1n) is 8.65. The molecule has 2 aliphatic heterocycles. The van der Waals surface area contributed by atoms with Crippen molar-refractivity contribution in [2.24, 2.45) is 0 Å². The first-order valence-corrected chi connectivity index (χ1v) is 8.65. The number of anilines is 1. The van der Waals surface area contributed by atoms with Gasteiger partial charge in [0, 0.05) is 50.5 Å². The predicted octanol–water partition coefficient (Wildman–Crippen LogP) is 1.04. The molecule has 1 N–H and O–H groups in total. The number of carbonyl (C=O) groups excluding carboxylic acids is 1. The average molecular weight is 327 g/mol. The molecule has 5 heteroatoms. The normalized spacial score (nSPS) is 20.0. The van der Waals surface area contributed by atoms with Crippen molar-refractivity contribution in [2.45, 2.75) is 18.9 Å². The van der Waals surface area contributed by atoms with Gasteiger partial charge < -0.3 is 14.9 Å². The highest BCUT2D eigenvalue weighted by atomic mass is 16.3. The maximum absolute atomic E-state index is 12.6. The molecule has 2 heterocycles. The summed E-state index contributed by atoms with van der Waals surface area (Å²) in [6, 6.07) is 7.85. The van der Waals surface area contributed by atoms with Crippen molar-refractivity contribution in [1.82, 2.24) is 9.80 Å². The van der Waals surface area contributed by atoms with E-state index in [9.17, 15) is 9.90 Å². The highest BCUT2D eigenvalue weighted by Crippen LogP contribution is 2.21. The summed E-state index contributed by atoms with van der Waals surface area (Å²) in [7, 11) is 0. The van der Waals surface area contributed by atoms with Crippen LogP contribution >= 0.6 is 0 Å². The van der Waals surface area contributed by atoms with E-state index in [0.717, 1.165) is 63.4 Å². The SMILES string of the molecule is C#CCN1CCN(C(=O)c2ccc(N3CCC(O)CC3)cc2)CC1. The maximum Gasteiger partial charge on any atom is 0.253 e. The Kier molecular flexibility index (Phi) is 5.39. The van der Waals surface area contributed by atoms with Gasteiger partial charge in [-0.3, -0.25) is 9.69 Å². The lowest BCUT2D eigenvalue weighted by molar-refractivity contribution is 0.0652. The Morgan fingerprint density at radius 3 is 2.29 bits per heavy atom. The Bertz CT molecular complexity index is 592. The minimum Gasteiger partial charge on any atom is -0.393 e. The summed E-state index contributed by atoms with van der Waals surface area (Å²) < 4.78 is 0. The van der Waals surface area contributed by atoms with Crippen LogP contribution in [0.3, 0.4) is 0 Å². The lowest BCUT2D eigenvalue weighted by Crippen LogP contribution is -2.48. The molecule has 1 amide bonds. The van der Waals surface area contributed by atoms with E-state index in [1.54, 1.807) is 0 Å². The van der Waals surface area contributed by atoms with Gasteiger partial charge in [-0.05, 0) is 37.1 Å². The molecular formula is C19H25N3O2. The zero-order chi connectivity index (χ0) is 16.9. The number of nitrogens with zero attached hydrogens (tertiary/aromatic N) is 3. The number of aliphatic hydroxyl groups is 1. The van der Waals surface area contributed by atoms with Gasteiger partial charge in [0.15, 0.2) is 0 Å². The zero-order valence-corrected chi connectivity index (χ0v) is 14.0. The molecule has 0 saturated carbocycles. The third-order valence-corrected chi connectivity index (χ3v) is 4.92. The lowest BCUT2D eigenvalue weighted by Gasteiger charge is -2.34. The fourth-order valence-electron chi connectivity index (χ4n) is 3.36. The van der Waals surface area contributed by atoms with E-state index in [4.69, 9.17) is 6.42 Å². The number of aliphatic hydroxyl groups excluding tert-OH is 1. The Morgan fingerprint density at radius 1 is 1.08 bits per heavy atom. The number of piperidine rings is 1. The summed E-state index contributed by atoms with van der Waals surface area (Å²) in [6.07, 6.45) is 6.78. The summed E-state index contributed by atoms with van der Waals surface area (Å²) in [4.78, 5) is 19.0. The van der Waals surface area contributed by atoms with Crippen LogP contribution in [-0.4, -0.2) is 72.7 Å². The second-order valence-electron chi connectivity index (χ2n) is 6.54. The molecule has 0 unspecified atom stereocenters. The largest absolute Gasteiger partial charge is 0.393 e. The molecule has 1 aromatic carbocycles. The number of amides is 1. The number of carbonyl (C=O) groups is 1. The van der Waals surface area contributed by atoms with Gasteiger partial charge in [0.05, 0.1) is 12.6 Å². The van der Waals surface area contributed by atoms with Crippen molar-refractivity contribution in [3.63, 3.8) is 0 Å². The highest BCUT2D eigenvalue weighted by Gasteiger charge is 2.22. The van der Waals surface area contributed by atoms with Crippen LogP contribution in [0.2, 0.25) is 0 Å². The zero-order valence-electron chi connectivity index (χ0n) is 14.0. The summed E-state index contributed by atoms with van der Waals surface area (Å²) >= 11 is 0. The summed E-state index contributed by atoms with van der Waals surface area (Å²) in [6.45, 7) is 5.52. The first-order chi connectivity index (χ1) is 11.7. The quantitative estimate of drug-likeness (QED) is 0.843. The molecule has 5 nitrogen and oxygen atoms in total. The second-order valence-corrected chi connectivity index (χ2v) is 6.54. The number of rotatable bonds is 3. The van der Waals surface area contributed by atoms with Gasteiger partial charge in [0.1, 0.15) is 0 Å². The van der Waals surface area contributed by atoms with Crippen molar-refractivity contribution >= 4 is 11.6 Å². The molecule has 0 spiro atoms. The van der Waals surface area contributed by atoms with Crippen LogP contribution in [0.4, 0.5) is 5.69 Å². The van der Waals surface area contributed by atoms with E-state index in [-0.39, 0.29) is 12.0 Å². The fraction of sp³-hybridized carbons (Fsp3) is 0.526. The van der Waals surface area contributed by atoms with E-state index >= 15 is 0 Å². The van der Waals surface area contributed by atoms with Crippen molar-refractivity contribution < 1.29 is 9.90 Å². The Labute approximate surface area is 143 Å². The van der Waals surface area contributed by atoms with Gasteiger partial charge in [0.25, 0.3) is 5.91 Å².